The van der Waals surface area contributed by atoms with Crippen LogP contribution in [0.5, 0.6) is 5.75 Å². The Morgan fingerprint density at radius 2 is 1.84 bits per heavy atom. The van der Waals surface area contributed by atoms with Crippen LogP contribution in [0.2, 0.25) is 0 Å². The van der Waals surface area contributed by atoms with Gasteiger partial charge in [0, 0.05) is 24.1 Å². The summed E-state index contributed by atoms with van der Waals surface area (Å²) in [6.07, 6.45) is 5.27. The van der Waals surface area contributed by atoms with Crippen molar-refractivity contribution >= 4 is 10.0 Å². The molecule has 0 fully saturated rings. The lowest BCUT2D eigenvalue weighted by molar-refractivity contribution is 0.402. The number of imidazole rings is 1. The summed E-state index contributed by atoms with van der Waals surface area (Å²) in [5.74, 6) is 0.317. The van der Waals surface area contributed by atoms with Gasteiger partial charge in [0.2, 0.25) is 10.0 Å². The zero-order chi connectivity index (χ0) is 17.9. The summed E-state index contributed by atoms with van der Waals surface area (Å²) in [6, 6.07) is 13.8. The maximum absolute atomic E-state index is 12.6. The molecule has 1 atom stereocenters. The summed E-state index contributed by atoms with van der Waals surface area (Å²) < 4.78 is 35.0. The molecule has 0 amide bonds. The number of hydrogen-bond acceptors (Lipinski definition) is 4. The lowest BCUT2D eigenvalue weighted by Crippen LogP contribution is -2.27. The highest BCUT2D eigenvalue weighted by Crippen LogP contribution is 2.25. The molecule has 0 aliphatic heterocycles. The van der Waals surface area contributed by atoms with Gasteiger partial charge in [0.05, 0.1) is 13.4 Å². The Labute approximate surface area is 147 Å². The summed E-state index contributed by atoms with van der Waals surface area (Å²) >= 11 is 0. The highest BCUT2D eigenvalue weighted by atomic mass is 32.2. The lowest BCUT2D eigenvalue weighted by atomic mass is 10.1. The predicted molar refractivity (Wildman–Crippen MR) is 95.3 cm³/mol. The quantitative estimate of drug-likeness (QED) is 0.736. The van der Waals surface area contributed by atoms with Gasteiger partial charge in [-0.3, -0.25) is 0 Å². The molecule has 6 nitrogen and oxygen atoms in total. The first-order valence-corrected chi connectivity index (χ1v) is 9.23. The Bertz CT molecular complexity index is 936. The van der Waals surface area contributed by atoms with Gasteiger partial charge in [-0.25, -0.2) is 18.1 Å². The molecule has 0 saturated heterocycles. The minimum Gasteiger partial charge on any atom is -0.495 e. The zero-order valence-corrected chi connectivity index (χ0v) is 14.8. The van der Waals surface area contributed by atoms with E-state index in [9.17, 15) is 8.42 Å². The standard InChI is InChI=1S/C18H19N3O3S/c1-14(15-7-9-16(10-8-15)21-12-11-19-13-21)20-25(22,23)18-6-4-3-5-17(18)24-2/h3-14,20H,1-2H3. The molecule has 3 aromatic rings. The molecule has 3 rings (SSSR count). The summed E-state index contributed by atoms with van der Waals surface area (Å²) in [7, 11) is -2.24. The van der Waals surface area contributed by atoms with E-state index >= 15 is 0 Å². The lowest BCUT2D eigenvalue weighted by Gasteiger charge is -2.16. The van der Waals surface area contributed by atoms with Gasteiger partial charge in [0.1, 0.15) is 10.6 Å². The minimum absolute atomic E-state index is 0.124. The normalized spacial score (nSPS) is 12.7. The number of nitrogens with zero attached hydrogens (tertiary/aromatic N) is 2. The van der Waals surface area contributed by atoms with Gasteiger partial charge in [-0.1, -0.05) is 24.3 Å². The number of rotatable bonds is 6. The van der Waals surface area contributed by atoms with Crippen molar-refractivity contribution in [3.8, 4) is 11.4 Å². The van der Waals surface area contributed by atoms with E-state index in [2.05, 4.69) is 9.71 Å². The molecular formula is C18H19N3O3S. The van der Waals surface area contributed by atoms with Gasteiger partial charge in [-0.2, -0.15) is 0 Å². The van der Waals surface area contributed by atoms with E-state index in [4.69, 9.17) is 4.74 Å². The maximum Gasteiger partial charge on any atom is 0.244 e. The van der Waals surface area contributed by atoms with Crippen molar-refractivity contribution in [1.82, 2.24) is 14.3 Å². The Kier molecular flexibility index (Phi) is 4.87. The molecule has 0 aliphatic rings. The topological polar surface area (TPSA) is 73.2 Å². The number of aromatic nitrogens is 2. The third kappa shape index (κ3) is 3.72. The van der Waals surface area contributed by atoms with E-state index in [1.807, 2.05) is 35.0 Å². The zero-order valence-electron chi connectivity index (χ0n) is 14.0. The first kappa shape index (κ1) is 17.2. The Balaban J connectivity index is 1.80. The van der Waals surface area contributed by atoms with E-state index in [-0.39, 0.29) is 10.9 Å². The predicted octanol–water partition coefficient (Wildman–Crippen LogP) is 2.92. The highest BCUT2D eigenvalue weighted by Gasteiger charge is 2.22. The van der Waals surface area contributed by atoms with Crippen molar-refractivity contribution in [2.45, 2.75) is 17.9 Å². The number of sulfonamides is 1. The molecule has 130 valence electrons. The van der Waals surface area contributed by atoms with Crippen LogP contribution < -0.4 is 9.46 Å². The highest BCUT2D eigenvalue weighted by molar-refractivity contribution is 7.89. The fraction of sp³-hybridized carbons (Fsp3) is 0.167. The number of nitrogens with one attached hydrogen (secondary N) is 1. The van der Waals surface area contributed by atoms with Gasteiger partial charge >= 0.3 is 0 Å². The molecule has 0 aliphatic carbocycles. The van der Waals surface area contributed by atoms with Crippen LogP contribution in [-0.2, 0) is 10.0 Å². The van der Waals surface area contributed by atoms with Crippen LogP contribution >= 0.6 is 0 Å². The van der Waals surface area contributed by atoms with E-state index in [1.54, 1.807) is 37.6 Å². The molecule has 0 bridgehead atoms. The van der Waals surface area contributed by atoms with E-state index < -0.39 is 10.0 Å². The fourth-order valence-electron chi connectivity index (χ4n) is 2.55. The second-order valence-corrected chi connectivity index (χ2v) is 7.24. The molecule has 1 N–H and O–H groups in total. The number of methoxy groups -OCH3 is 1. The fourth-order valence-corrected chi connectivity index (χ4v) is 3.95. The third-order valence-corrected chi connectivity index (χ3v) is 5.47. The molecule has 0 radical (unpaired) electrons. The minimum atomic E-state index is -3.69. The van der Waals surface area contributed by atoms with Gasteiger partial charge in [0.15, 0.2) is 0 Å². The van der Waals surface area contributed by atoms with Crippen LogP contribution in [0.3, 0.4) is 0 Å². The smallest absolute Gasteiger partial charge is 0.244 e. The third-order valence-electron chi connectivity index (χ3n) is 3.89. The summed E-state index contributed by atoms with van der Waals surface area (Å²) in [5.41, 5.74) is 1.82. The van der Waals surface area contributed by atoms with Crippen molar-refractivity contribution in [1.29, 1.82) is 0 Å². The Morgan fingerprint density at radius 3 is 2.48 bits per heavy atom. The molecular weight excluding hydrogens is 338 g/mol. The molecule has 1 unspecified atom stereocenters. The van der Waals surface area contributed by atoms with Crippen LogP contribution in [0.15, 0.2) is 72.1 Å². The maximum atomic E-state index is 12.6. The van der Waals surface area contributed by atoms with Crippen molar-refractivity contribution < 1.29 is 13.2 Å². The van der Waals surface area contributed by atoms with Crippen molar-refractivity contribution in [2.24, 2.45) is 0 Å². The van der Waals surface area contributed by atoms with E-state index in [0.717, 1.165) is 11.3 Å². The second kappa shape index (κ2) is 7.08. The van der Waals surface area contributed by atoms with Crippen LogP contribution in [0.25, 0.3) is 5.69 Å². The molecule has 7 heteroatoms. The van der Waals surface area contributed by atoms with Gasteiger partial charge in [-0.15, -0.1) is 0 Å². The average Bonchev–Trinajstić information content (AvgIpc) is 3.16. The first-order valence-electron chi connectivity index (χ1n) is 7.75. The molecule has 25 heavy (non-hydrogen) atoms. The molecule has 1 aromatic heterocycles. The number of benzene rings is 2. The van der Waals surface area contributed by atoms with E-state index in [1.165, 1.54) is 13.2 Å². The van der Waals surface area contributed by atoms with Gasteiger partial charge < -0.3 is 9.30 Å². The van der Waals surface area contributed by atoms with Crippen LogP contribution in [0.1, 0.15) is 18.5 Å². The molecule has 0 spiro atoms. The number of para-hydroxylation sites is 1. The first-order chi connectivity index (χ1) is 12.0. The monoisotopic (exact) mass is 357 g/mol. The largest absolute Gasteiger partial charge is 0.495 e. The van der Waals surface area contributed by atoms with Crippen molar-refractivity contribution in [3.05, 3.63) is 72.8 Å². The molecule has 2 aromatic carbocycles. The Morgan fingerprint density at radius 1 is 1.12 bits per heavy atom. The summed E-state index contributed by atoms with van der Waals surface area (Å²) in [5, 5.41) is 0. The van der Waals surface area contributed by atoms with E-state index in [0.29, 0.717) is 5.75 Å². The average molecular weight is 357 g/mol. The summed E-state index contributed by atoms with van der Waals surface area (Å²) in [6.45, 7) is 1.80. The number of hydrogen-bond donors (Lipinski definition) is 1. The van der Waals surface area contributed by atoms with Crippen molar-refractivity contribution in [3.63, 3.8) is 0 Å². The molecule has 0 saturated carbocycles. The number of ether oxygens (including phenoxy) is 1. The van der Waals surface area contributed by atoms with Crippen molar-refractivity contribution in [2.75, 3.05) is 7.11 Å². The summed E-state index contributed by atoms with van der Waals surface area (Å²) in [4.78, 5) is 4.14. The van der Waals surface area contributed by atoms with Crippen LogP contribution in [-0.4, -0.2) is 25.1 Å². The Hall–Kier alpha value is -2.64. The SMILES string of the molecule is COc1ccccc1S(=O)(=O)NC(C)c1ccc(-n2ccnc2)cc1. The molecule has 1 heterocycles. The van der Waals surface area contributed by atoms with Crippen LogP contribution in [0, 0.1) is 0 Å². The van der Waals surface area contributed by atoms with Crippen LogP contribution in [0.4, 0.5) is 0 Å². The van der Waals surface area contributed by atoms with Gasteiger partial charge in [0.25, 0.3) is 0 Å². The second-order valence-electron chi connectivity index (χ2n) is 5.56. The van der Waals surface area contributed by atoms with Gasteiger partial charge in [-0.05, 0) is 36.8 Å².